The Hall–Kier alpha value is -2.87. The molecule has 32 heavy (non-hydrogen) atoms. The second kappa shape index (κ2) is 8.94. The van der Waals surface area contributed by atoms with Crippen molar-refractivity contribution in [3.05, 3.63) is 58.9 Å². The molecule has 2 aromatic heterocycles. The van der Waals surface area contributed by atoms with E-state index in [0.29, 0.717) is 34.5 Å². The minimum Gasteiger partial charge on any atom is -0.383 e. The van der Waals surface area contributed by atoms with Crippen LogP contribution in [0.5, 0.6) is 0 Å². The van der Waals surface area contributed by atoms with Crippen molar-refractivity contribution in [2.75, 3.05) is 11.1 Å². The molecular weight excluding hydrogens is 441 g/mol. The van der Waals surface area contributed by atoms with Crippen LogP contribution in [0.15, 0.2) is 42.6 Å². The minimum absolute atomic E-state index is 0.0678. The van der Waals surface area contributed by atoms with Crippen LogP contribution in [0.25, 0.3) is 10.9 Å². The second-order valence-corrected chi connectivity index (χ2v) is 8.59. The largest absolute Gasteiger partial charge is 0.433 e. The fourth-order valence-electron chi connectivity index (χ4n) is 4.32. The summed E-state index contributed by atoms with van der Waals surface area (Å²) in [5.74, 6) is 0.247. The maximum absolute atomic E-state index is 13.4. The molecule has 0 spiro atoms. The number of fused-ring (bicyclic) bond motifs is 1. The number of aromatic nitrogens is 2. The van der Waals surface area contributed by atoms with Crippen LogP contribution in [0, 0.1) is 5.92 Å². The Morgan fingerprint density at radius 2 is 2.03 bits per heavy atom. The number of carbonyl (C=O) groups excluding carboxylic acids is 1. The first-order chi connectivity index (χ1) is 15.2. The summed E-state index contributed by atoms with van der Waals surface area (Å²) in [6.07, 6.45) is 0.505. The summed E-state index contributed by atoms with van der Waals surface area (Å²) in [6, 6.07) is 8.91. The molecule has 2 heterocycles. The van der Waals surface area contributed by atoms with Gasteiger partial charge in [0.05, 0.1) is 11.1 Å². The molecule has 1 aliphatic carbocycles. The number of hydrogen-bond donors (Lipinski definition) is 2. The number of anilines is 2. The fourth-order valence-corrected chi connectivity index (χ4v) is 4.49. The molecule has 0 bridgehead atoms. The number of rotatable bonds is 5. The number of alkyl halides is 3. The lowest BCUT2D eigenvalue weighted by Gasteiger charge is -2.30. The van der Waals surface area contributed by atoms with Gasteiger partial charge in [0.1, 0.15) is 11.5 Å². The van der Waals surface area contributed by atoms with E-state index in [1.807, 2.05) is 0 Å². The van der Waals surface area contributed by atoms with Crippen LogP contribution in [0.4, 0.5) is 24.7 Å². The number of nitrogens with one attached hydrogen (secondary N) is 1. The Morgan fingerprint density at radius 3 is 2.78 bits per heavy atom. The van der Waals surface area contributed by atoms with Crippen LogP contribution in [-0.4, -0.2) is 21.8 Å². The molecule has 5 nitrogen and oxygen atoms in total. The highest BCUT2D eigenvalue weighted by molar-refractivity contribution is 6.31. The number of nitrogens with two attached hydrogens (primary N) is 1. The lowest BCUT2D eigenvalue weighted by atomic mass is 9.82. The molecule has 1 saturated carbocycles. The van der Waals surface area contributed by atoms with Gasteiger partial charge in [-0.15, -0.1) is 0 Å². The molecule has 3 N–H and O–H groups in total. The van der Waals surface area contributed by atoms with E-state index in [0.717, 1.165) is 25.3 Å². The monoisotopic (exact) mass is 462 g/mol. The smallest absolute Gasteiger partial charge is 0.383 e. The first-order valence-electron chi connectivity index (χ1n) is 10.4. The lowest BCUT2D eigenvalue weighted by molar-refractivity contribution is -0.140. The van der Waals surface area contributed by atoms with E-state index in [2.05, 4.69) is 15.3 Å². The third-order valence-electron chi connectivity index (χ3n) is 5.82. The summed E-state index contributed by atoms with van der Waals surface area (Å²) in [5.41, 5.74) is 5.84. The Bertz CT molecular complexity index is 1150. The molecule has 1 aromatic carbocycles. The van der Waals surface area contributed by atoms with Crippen molar-refractivity contribution in [3.8, 4) is 0 Å². The number of Topliss-reactive ketones (excluding diaryl/α,β-unsaturated/α-hetero) is 1. The Balaban J connectivity index is 1.54. The van der Waals surface area contributed by atoms with Gasteiger partial charge in [-0.05, 0) is 61.6 Å². The average Bonchev–Trinajstić information content (AvgIpc) is 2.74. The summed E-state index contributed by atoms with van der Waals surface area (Å²) in [6.45, 7) is 0. The summed E-state index contributed by atoms with van der Waals surface area (Å²) in [5, 5.41) is 4.22. The van der Waals surface area contributed by atoms with Crippen molar-refractivity contribution in [1.29, 1.82) is 0 Å². The van der Waals surface area contributed by atoms with Gasteiger partial charge < -0.3 is 11.1 Å². The first-order valence-corrected chi connectivity index (χ1v) is 10.8. The van der Waals surface area contributed by atoms with Crippen LogP contribution in [0.1, 0.15) is 48.2 Å². The Morgan fingerprint density at radius 1 is 1.22 bits per heavy atom. The maximum atomic E-state index is 13.4. The van der Waals surface area contributed by atoms with E-state index in [9.17, 15) is 18.0 Å². The van der Waals surface area contributed by atoms with Crippen LogP contribution >= 0.6 is 11.6 Å². The number of benzene rings is 1. The zero-order valence-electron chi connectivity index (χ0n) is 17.1. The highest BCUT2D eigenvalue weighted by atomic mass is 35.5. The third kappa shape index (κ3) is 4.96. The predicted octanol–water partition coefficient (Wildman–Crippen LogP) is 6.13. The van der Waals surface area contributed by atoms with E-state index < -0.39 is 11.9 Å². The van der Waals surface area contributed by atoms with Crippen LogP contribution < -0.4 is 11.1 Å². The van der Waals surface area contributed by atoms with E-state index in [4.69, 9.17) is 17.3 Å². The van der Waals surface area contributed by atoms with Gasteiger partial charge >= 0.3 is 6.18 Å². The van der Waals surface area contributed by atoms with Crippen molar-refractivity contribution < 1.29 is 18.0 Å². The molecule has 9 heteroatoms. The number of halogens is 4. The van der Waals surface area contributed by atoms with Crippen molar-refractivity contribution in [2.24, 2.45) is 5.92 Å². The van der Waals surface area contributed by atoms with Crippen molar-refractivity contribution in [1.82, 2.24) is 9.97 Å². The Labute approximate surface area is 188 Å². The molecular formula is C23H22ClF3N4O. The zero-order chi connectivity index (χ0) is 22.9. The van der Waals surface area contributed by atoms with Gasteiger partial charge in [0, 0.05) is 34.8 Å². The van der Waals surface area contributed by atoms with Crippen LogP contribution in [-0.2, 0) is 6.18 Å². The number of pyridine rings is 2. The maximum Gasteiger partial charge on any atom is 0.433 e. The molecule has 0 saturated heterocycles. The predicted molar refractivity (Wildman–Crippen MR) is 119 cm³/mol. The van der Waals surface area contributed by atoms with Gasteiger partial charge in [0.2, 0.25) is 0 Å². The van der Waals surface area contributed by atoms with Gasteiger partial charge in [-0.25, -0.2) is 9.97 Å². The molecule has 3 aromatic rings. The molecule has 4 rings (SSSR count). The fraction of sp³-hybridized carbons (Fsp3) is 0.348. The second-order valence-electron chi connectivity index (χ2n) is 8.15. The molecule has 0 unspecified atom stereocenters. The zero-order valence-corrected chi connectivity index (χ0v) is 17.9. The van der Waals surface area contributed by atoms with Gasteiger partial charge in [-0.2, -0.15) is 13.2 Å². The molecule has 168 valence electrons. The highest BCUT2D eigenvalue weighted by Gasteiger charge is 2.34. The number of hydrogen-bond acceptors (Lipinski definition) is 5. The van der Waals surface area contributed by atoms with E-state index in [1.54, 1.807) is 18.2 Å². The minimum atomic E-state index is -4.56. The van der Waals surface area contributed by atoms with Gasteiger partial charge in [-0.3, -0.25) is 4.79 Å². The topological polar surface area (TPSA) is 80.9 Å². The molecule has 1 fully saturated rings. The standard InChI is InChI=1S/C23H22ClF3N4O/c24-14-6-7-18-17(11-14)19(12-21(31-18)23(25,26)27)30-15-4-1-3-13(9-15)10-20(32)16-5-2-8-29-22(16)28/h2,5-8,11-13,15H,1,3-4,9-10H2,(H2,28,29)(H,30,31)/t13-,15+/m1/s1. The van der Waals surface area contributed by atoms with Crippen LogP contribution in [0.3, 0.4) is 0 Å². The van der Waals surface area contributed by atoms with E-state index >= 15 is 0 Å². The average molecular weight is 463 g/mol. The number of ketones is 1. The van der Waals surface area contributed by atoms with E-state index in [1.165, 1.54) is 18.3 Å². The molecule has 1 aliphatic rings. The molecule has 0 radical (unpaired) electrons. The lowest BCUT2D eigenvalue weighted by Crippen LogP contribution is -2.29. The number of nitrogens with zero attached hydrogens (tertiary/aromatic N) is 2. The highest BCUT2D eigenvalue weighted by Crippen LogP contribution is 2.36. The van der Waals surface area contributed by atoms with E-state index in [-0.39, 0.29) is 29.1 Å². The summed E-state index contributed by atoms with van der Waals surface area (Å²) < 4.78 is 40.2. The summed E-state index contributed by atoms with van der Waals surface area (Å²) in [4.78, 5) is 20.4. The van der Waals surface area contributed by atoms with Crippen LogP contribution in [0.2, 0.25) is 5.02 Å². The normalized spacial score (nSPS) is 19.1. The van der Waals surface area contributed by atoms with Crippen molar-refractivity contribution in [3.63, 3.8) is 0 Å². The summed E-state index contributed by atoms with van der Waals surface area (Å²) in [7, 11) is 0. The number of nitrogen functional groups attached to an aromatic ring is 1. The molecule has 0 amide bonds. The summed E-state index contributed by atoms with van der Waals surface area (Å²) >= 11 is 6.08. The van der Waals surface area contributed by atoms with Crippen molar-refractivity contribution in [2.45, 2.75) is 44.3 Å². The third-order valence-corrected chi connectivity index (χ3v) is 6.05. The van der Waals surface area contributed by atoms with Crippen molar-refractivity contribution >= 4 is 39.8 Å². The van der Waals surface area contributed by atoms with Gasteiger partial charge in [0.15, 0.2) is 5.78 Å². The molecule has 0 aliphatic heterocycles. The Kier molecular flexibility index (Phi) is 6.24. The SMILES string of the molecule is Nc1ncccc1C(=O)C[C@@H]1CCC[C@H](Nc2cc(C(F)(F)F)nc3ccc(Cl)cc23)C1. The number of carbonyl (C=O) groups is 1. The first kappa shape index (κ1) is 22.3. The van der Waals surface area contributed by atoms with Gasteiger partial charge in [-0.1, -0.05) is 18.0 Å². The molecule has 2 atom stereocenters. The van der Waals surface area contributed by atoms with Gasteiger partial charge in [0.25, 0.3) is 0 Å². The quantitative estimate of drug-likeness (QED) is 0.446.